The first kappa shape index (κ1) is 24.7. The number of imide groups is 1. The van der Waals surface area contributed by atoms with E-state index >= 15 is 0 Å². The fraction of sp³-hybridized carbons (Fsp3) is 0.400. The second-order valence-corrected chi connectivity index (χ2v) is 10.6. The molecule has 2 aromatic rings. The van der Waals surface area contributed by atoms with Crippen LogP contribution < -0.4 is 10.1 Å². The summed E-state index contributed by atoms with van der Waals surface area (Å²) in [6.45, 7) is 3.02. The Morgan fingerprint density at radius 3 is 2.56 bits per heavy atom. The lowest BCUT2D eigenvalue weighted by molar-refractivity contribution is -0.136. The number of carbonyl (C=O) groups excluding carboxylic acids is 3. The number of amides is 3. The van der Waals surface area contributed by atoms with Crippen LogP contribution in [0.4, 0.5) is 0 Å². The van der Waals surface area contributed by atoms with Gasteiger partial charge in [-0.1, -0.05) is 30.3 Å². The highest BCUT2D eigenvalue weighted by atomic mass is 16.5. The van der Waals surface area contributed by atoms with E-state index in [0.29, 0.717) is 36.8 Å². The van der Waals surface area contributed by atoms with E-state index in [-0.39, 0.29) is 23.6 Å². The molecule has 2 atom stereocenters. The lowest BCUT2D eigenvalue weighted by atomic mass is 9.59. The van der Waals surface area contributed by atoms with Crippen LogP contribution >= 0.6 is 0 Å². The monoisotopic (exact) mass is 485 g/mol. The summed E-state index contributed by atoms with van der Waals surface area (Å²) in [5, 5.41) is 2.33. The predicted octanol–water partition coefficient (Wildman–Crippen LogP) is -1.26. The Morgan fingerprint density at radius 1 is 1.08 bits per heavy atom. The zero-order valence-electron chi connectivity index (χ0n) is 21.1. The molecular formula is C25H30B3N3O5. The van der Waals surface area contributed by atoms with Crippen LogP contribution in [0.25, 0.3) is 0 Å². The first-order chi connectivity index (χ1) is 17.2. The van der Waals surface area contributed by atoms with Crippen LogP contribution in [0.2, 0.25) is 0 Å². The average Bonchev–Trinajstić information content (AvgIpc) is 3.17. The molecule has 2 fully saturated rings. The van der Waals surface area contributed by atoms with Gasteiger partial charge in [-0.2, -0.15) is 0 Å². The maximum absolute atomic E-state index is 13.0. The average molecular weight is 485 g/mol. The normalized spacial score (nSPS) is 23.9. The van der Waals surface area contributed by atoms with Crippen molar-refractivity contribution in [3.05, 3.63) is 64.7 Å². The number of piperidine rings is 1. The summed E-state index contributed by atoms with van der Waals surface area (Å²) in [6, 6.07) is 13.2. The van der Waals surface area contributed by atoms with E-state index in [2.05, 4.69) is 58.0 Å². The largest absolute Gasteiger partial charge is 0.489 e. The van der Waals surface area contributed by atoms with Crippen LogP contribution in [0.5, 0.6) is 5.75 Å². The molecule has 0 aromatic heterocycles. The van der Waals surface area contributed by atoms with Gasteiger partial charge in [0.2, 0.25) is 11.8 Å². The molecule has 3 aliphatic rings. The second kappa shape index (κ2) is 9.79. The lowest BCUT2D eigenvalue weighted by Gasteiger charge is -2.47. The van der Waals surface area contributed by atoms with Gasteiger partial charge in [0.1, 0.15) is 41.9 Å². The van der Waals surface area contributed by atoms with Crippen LogP contribution in [0, 0.1) is 0 Å². The molecule has 8 nitrogen and oxygen atoms in total. The van der Waals surface area contributed by atoms with Gasteiger partial charge in [-0.05, 0) is 35.0 Å². The second-order valence-electron chi connectivity index (χ2n) is 10.6. The number of fused-ring (bicyclic) bond motifs is 1. The Kier molecular flexibility index (Phi) is 6.70. The van der Waals surface area contributed by atoms with Gasteiger partial charge >= 0.3 is 0 Å². The van der Waals surface area contributed by atoms with E-state index in [9.17, 15) is 14.4 Å². The highest BCUT2D eigenvalue weighted by molar-refractivity contribution is 6.40. The van der Waals surface area contributed by atoms with E-state index in [4.69, 9.17) is 9.47 Å². The minimum atomic E-state index is -0.637. The van der Waals surface area contributed by atoms with Crippen LogP contribution in [-0.2, 0) is 34.0 Å². The van der Waals surface area contributed by atoms with Crippen LogP contribution in [0.15, 0.2) is 42.5 Å². The third kappa shape index (κ3) is 4.82. The number of carbonyl (C=O) groups is 3. The van der Waals surface area contributed by atoms with Gasteiger partial charge in [0, 0.05) is 30.0 Å². The van der Waals surface area contributed by atoms with Crippen molar-refractivity contribution in [2.24, 2.45) is 0 Å². The Bertz CT molecular complexity index is 1190. The Labute approximate surface area is 213 Å². The number of benzene rings is 2. The molecule has 2 aromatic carbocycles. The molecule has 0 bridgehead atoms. The van der Waals surface area contributed by atoms with Gasteiger partial charge in [-0.15, -0.1) is 0 Å². The van der Waals surface area contributed by atoms with Crippen LogP contribution in [-0.4, -0.2) is 81.6 Å². The highest BCUT2D eigenvalue weighted by Gasteiger charge is 2.40. The molecule has 184 valence electrons. The molecule has 5 rings (SSSR count). The number of nitrogens with one attached hydrogen (secondary N) is 1. The summed E-state index contributed by atoms with van der Waals surface area (Å²) in [6.07, 6.45) is 0.575. The number of rotatable bonds is 6. The van der Waals surface area contributed by atoms with E-state index in [1.807, 2.05) is 6.07 Å². The lowest BCUT2D eigenvalue weighted by Crippen LogP contribution is -2.62. The first-order valence-electron chi connectivity index (χ1n) is 12.5. The maximum Gasteiger partial charge on any atom is 0.255 e. The van der Waals surface area contributed by atoms with Crippen molar-refractivity contribution in [2.45, 2.75) is 49.9 Å². The number of morpholine rings is 1. The molecule has 0 aliphatic carbocycles. The fourth-order valence-electron chi connectivity index (χ4n) is 5.41. The molecule has 1 N–H and O–H groups in total. The summed E-state index contributed by atoms with van der Waals surface area (Å²) in [4.78, 5) is 40.9. The van der Waals surface area contributed by atoms with Crippen LogP contribution in [0.1, 0.15) is 39.9 Å². The molecule has 3 amide bonds. The van der Waals surface area contributed by atoms with E-state index in [0.717, 1.165) is 30.9 Å². The number of ether oxygens (including phenoxy) is 2. The number of nitrogens with zero attached hydrogens (tertiary/aromatic N) is 2. The maximum atomic E-state index is 13.0. The molecule has 3 aliphatic heterocycles. The summed E-state index contributed by atoms with van der Waals surface area (Å²) >= 11 is 0. The van der Waals surface area contributed by atoms with Crippen molar-refractivity contribution in [2.75, 3.05) is 13.2 Å². The minimum Gasteiger partial charge on any atom is -0.489 e. The van der Waals surface area contributed by atoms with Crippen molar-refractivity contribution in [3.63, 3.8) is 0 Å². The third-order valence-corrected chi connectivity index (χ3v) is 7.43. The van der Waals surface area contributed by atoms with Crippen molar-refractivity contribution in [1.82, 2.24) is 15.1 Å². The summed E-state index contributed by atoms with van der Waals surface area (Å²) in [5.74, 6) is 0.0982. The zero-order chi connectivity index (χ0) is 25.4. The van der Waals surface area contributed by atoms with Gasteiger partial charge in [-0.25, -0.2) is 0 Å². The molecule has 2 unspecified atom stereocenters. The predicted molar refractivity (Wildman–Crippen MR) is 142 cm³/mol. The van der Waals surface area contributed by atoms with Gasteiger partial charge in [-0.3, -0.25) is 19.7 Å². The Hall–Kier alpha value is -3.04. The topological polar surface area (TPSA) is 88.2 Å². The van der Waals surface area contributed by atoms with Crippen molar-refractivity contribution >= 4 is 41.3 Å². The summed E-state index contributed by atoms with van der Waals surface area (Å²) < 4.78 is 11.9. The Morgan fingerprint density at radius 2 is 1.83 bits per heavy atom. The van der Waals surface area contributed by atoms with E-state index < -0.39 is 11.9 Å². The standard InChI is InChI=1S/C25H30B3N3O5/c26-21-13-35-14-25(27,28)31(21)10-15-4-6-16(7-5-15)12-36-20-3-1-2-17-18(20)11-30(24(17)34)19-8-9-22(32)29-23(19)33/h1-7,19,21H,8-14,26-28H2,(H,29,32,33). The highest BCUT2D eigenvalue weighted by Crippen LogP contribution is 2.34. The molecule has 3 heterocycles. The van der Waals surface area contributed by atoms with Gasteiger partial charge in [0.25, 0.3) is 5.91 Å². The molecule has 36 heavy (non-hydrogen) atoms. The molecule has 0 saturated carbocycles. The van der Waals surface area contributed by atoms with Gasteiger partial charge in [0.05, 0.1) is 19.8 Å². The molecule has 0 spiro atoms. The Balaban J connectivity index is 1.24. The third-order valence-electron chi connectivity index (χ3n) is 7.43. The van der Waals surface area contributed by atoms with E-state index in [1.165, 1.54) is 5.56 Å². The summed E-state index contributed by atoms with van der Waals surface area (Å²) in [5.41, 5.74) is 3.62. The SMILES string of the molecule is BC1COCC(B)(B)N1Cc1ccc(COc2cccc3c2CN(C2CCC(=O)NC2=O)C3=O)cc1. The summed E-state index contributed by atoms with van der Waals surface area (Å²) in [7, 11) is 6.64. The van der Waals surface area contributed by atoms with E-state index in [1.54, 1.807) is 17.0 Å². The van der Waals surface area contributed by atoms with Crippen molar-refractivity contribution in [1.29, 1.82) is 0 Å². The van der Waals surface area contributed by atoms with Crippen molar-refractivity contribution < 1.29 is 23.9 Å². The van der Waals surface area contributed by atoms with Crippen LogP contribution in [0.3, 0.4) is 0 Å². The van der Waals surface area contributed by atoms with Gasteiger partial charge < -0.3 is 19.3 Å². The number of hydrogen-bond acceptors (Lipinski definition) is 6. The quantitative estimate of drug-likeness (QED) is 0.407. The molecule has 2 saturated heterocycles. The fourth-order valence-corrected chi connectivity index (χ4v) is 5.41. The zero-order valence-corrected chi connectivity index (χ0v) is 21.1. The number of hydrogen-bond donors (Lipinski definition) is 1. The molecule has 0 radical (unpaired) electrons. The smallest absolute Gasteiger partial charge is 0.255 e. The van der Waals surface area contributed by atoms with Crippen molar-refractivity contribution in [3.8, 4) is 5.75 Å². The minimum absolute atomic E-state index is 0.00765. The first-order valence-corrected chi connectivity index (χ1v) is 12.5. The van der Waals surface area contributed by atoms with Gasteiger partial charge in [0.15, 0.2) is 0 Å². The molecule has 11 heteroatoms. The molecular weight excluding hydrogens is 455 g/mol.